The lowest BCUT2D eigenvalue weighted by molar-refractivity contribution is -0.193. The fraction of sp³-hybridized carbons (Fsp3) is 0.703. The highest BCUT2D eigenvalue weighted by atomic mass is 28.3. The van der Waals surface area contributed by atoms with Crippen molar-refractivity contribution < 1.29 is 126 Å². The summed E-state index contributed by atoms with van der Waals surface area (Å²) in [5.74, 6) is -1.28. The van der Waals surface area contributed by atoms with Crippen molar-refractivity contribution in [2.24, 2.45) is 23.7 Å². The lowest BCUT2D eigenvalue weighted by Crippen LogP contribution is -2.58. The normalized spacial score (nSPS) is 30.8. The molecule has 2 aromatic heterocycles. The Morgan fingerprint density at radius 1 is 0.564 bits per heavy atom. The molecule has 0 bridgehead atoms. The molecule has 6 aliphatic rings. The summed E-state index contributed by atoms with van der Waals surface area (Å²) < 4.78 is 78.0. The Kier molecular flexibility index (Phi) is 37.3. The van der Waals surface area contributed by atoms with E-state index in [4.69, 9.17) is 72.0 Å². The van der Waals surface area contributed by atoms with Crippen molar-refractivity contribution >= 4 is 37.5 Å². The summed E-state index contributed by atoms with van der Waals surface area (Å²) in [5, 5.41) is 103. The Balaban J connectivity index is 0.000000209. The zero-order chi connectivity index (χ0) is 80.2. The number of anilines is 1. The highest BCUT2D eigenvalue weighted by Gasteiger charge is 2.51. The van der Waals surface area contributed by atoms with Crippen molar-refractivity contribution in [3.05, 3.63) is 72.2 Å². The Labute approximate surface area is 642 Å². The van der Waals surface area contributed by atoms with Crippen molar-refractivity contribution in [1.82, 2.24) is 40.6 Å². The second kappa shape index (κ2) is 45.3. The molecule has 35 nitrogen and oxygen atoms in total. The molecular formula is C74H115N9O26Si. The second-order valence-corrected chi connectivity index (χ2v) is 33.4. The zero-order valence-electron chi connectivity index (χ0n) is 64.6. The molecular weight excluding hydrogens is 1460 g/mol. The Morgan fingerprint density at radius 2 is 1.06 bits per heavy atom. The van der Waals surface area contributed by atoms with Crippen LogP contribution >= 0.6 is 0 Å². The quantitative estimate of drug-likeness (QED) is 0.0115. The van der Waals surface area contributed by atoms with Crippen LogP contribution in [0.3, 0.4) is 0 Å². The molecule has 2 amide bonds. The molecule has 6 unspecified atom stereocenters. The lowest BCUT2D eigenvalue weighted by Gasteiger charge is -2.40. The van der Waals surface area contributed by atoms with Gasteiger partial charge in [0.15, 0.2) is 12.9 Å². The summed E-state index contributed by atoms with van der Waals surface area (Å²) in [4.78, 5) is 49.9. The van der Waals surface area contributed by atoms with Crippen LogP contribution in [0.25, 0.3) is 16.9 Å². The minimum Gasteiger partial charge on any atom is -0.463 e. The van der Waals surface area contributed by atoms with E-state index in [0.29, 0.717) is 51.7 Å². The van der Waals surface area contributed by atoms with E-state index in [1.165, 1.54) is 56.9 Å². The Hall–Kier alpha value is -6.62. The number of nitrogens with one attached hydrogen (secondary N) is 2. The van der Waals surface area contributed by atoms with Gasteiger partial charge >= 0.3 is 11.9 Å². The number of nitrogen functional groups attached to an aromatic ring is 1. The summed E-state index contributed by atoms with van der Waals surface area (Å²) in [5.41, 5.74) is 13.9. The molecule has 10 rings (SSSR count). The van der Waals surface area contributed by atoms with Crippen molar-refractivity contribution in [2.45, 2.75) is 207 Å². The summed E-state index contributed by atoms with van der Waals surface area (Å²) in [6, 6.07) is 15.1. The first-order valence-corrected chi connectivity index (χ1v) is 40.5. The fourth-order valence-electron chi connectivity index (χ4n) is 14.0. The van der Waals surface area contributed by atoms with Crippen LogP contribution in [-0.2, 0) is 105 Å². The van der Waals surface area contributed by atoms with Crippen LogP contribution in [0.5, 0.6) is 0 Å². The van der Waals surface area contributed by atoms with Crippen LogP contribution in [0, 0.1) is 35.1 Å². The van der Waals surface area contributed by atoms with Gasteiger partial charge in [0.1, 0.15) is 63.5 Å². The average Bonchev–Trinajstić information content (AvgIpc) is 1.46. The lowest BCUT2D eigenvalue weighted by atomic mass is 9.80. The second-order valence-electron chi connectivity index (χ2n) is 28.6. The first-order valence-electron chi connectivity index (χ1n) is 37.0. The molecule has 616 valence electrons. The number of carbonyl (C=O) groups is 4. The Bertz CT molecular complexity index is 3450. The largest absolute Gasteiger partial charge is 0.463 e. The highest BCUT2D eigenvalue weighted by Crippen LogP contribution is 2.35. The third-order valence-electron chi connectivity index (χ3n) is 20.2. The number of amides is 2. The summed E-state index contributed by atoms with van der Waals surface area (Å²) in [6.07, 6.45) is -5.96. The van der Waals surface area contributed by atoms with Crippen molar-refractivity contribution in [1.29, 1.82) is 0 Å². The number of methoxy groups -OCH3 is 8. The van der Waals surface area contributed by atoms with Crippen molar-refractivity contribution in [3.63, 3.8) is 0 Å². The van der Waals surface area contributed by atoms with Crippen LogP contribution in [0.4, 0.5) is 5.69 Å². The number of nitrogens with zero attached hydrogens (tertiary/aromatic N) is 6. The number of aliphatic hydroxyl groups is 8. The maximum absolute atomic E-state index is 12.9. The van der Waals surface area contributed by atoms with Gasteiger partial charge in [0.25, 0.3) is 0 Å². The van der Waals surface area contributed by atoms with Gasteiger partial charge in [-0.2, -0.15) is 0 Å². The van der Waals surface area contributed by atoms with Crippen molar-refractivity contribution in [2.75, 3.05) is 109 Å². The number of benzene rings is 2. The molecule has 4 heterocycles. The monoisotopic (exact) mass is 1570 g/mol. The Morgan fingerprint density at radius 3 is 1.55 bits per heavy atom. The van der Waals surface area contributed by atoms with Crippen LogP contribution in [0.1, 0.15) is 69.0 Å². The molecule has 4 aliphatic carbocycles. The van der Waals surface area contributed by atoms with E-state index in [1.807, 2.05) is 48.5 Å². The summed E-state index contributed by atoms with van der Waals surface area (Å²) >= 11 is 0. The van der Waals surface area contributed by atoms with Gasteiger partial charge in [-0.25, -0.2) is 9.36 Å². The average molecular weight is 1570 g/mol. The van der Waals surface area contributed by atoms with Crippen molar-refractivity contribution in [3.8, 4) is 28.4 Å². The molecule has 4 saturated carbocycles. The van der Waals surface area contributed by atoms with Crippen LogP contribution < -0.4 is 16.4 Å². The van der Waals surface area contributed by atoms with Gasteiger partial charge in [-0.1, -0.05) is 60.3 Å². The summed E-state index contributed by atoms with van der Waals surface area (Å²) in [6.45, 7) is 10.1. The van der Waals surface area contributed by atoms with Crippen LogP contribution in [0.15, 0.2) is 60.9 Å². The predicted molar refractivity (Wildman–Crippen MR) is 394 cm³/mol. The van der Waals surface area contributed by atoms with Gasteiger partial charge in [-0.3, -0.25) is 19.2 Å². The third-order valence-corrected chi connectivity index (χ3v) is 21.1. The number of hydrogen-bond acceptors (Lipinski definition) is 31. The number of rotatable bonds is 28. The molecule has 2 aromatic carbocycles. The highest BCUT2D eigenvalue weighted by molar-refractivity contribution is 6.83. The molecule has 0 radical (unpaired) electrons. The maximum atomic E-state index is 12.9. The molecule has 22 atom stereocenters. The number of ether oxygens (including phenoxy) is 14. The van der Waals surface area contributed by atoms with Gasteiger partial charge in [0.05, 0.1) is 134 Å². The zero-order valence-corrected chi connectivity index (χ0v) is 65.6. The molecule has 6 fully saturated rings. The van der Waals surface area contributed by atoms with E-state index >= 15 is 0 Å². The number of nitrogens with two attached hydrogens (primary N) is 1. The first-order chi connectivity index (χ1) is 52.8. The van der Waals surface area contributed by atoms with E-state index in [0.717, 1.165) is 66.9 Å². The minimum absolute atomic E-state index is 0.0202. The standard InChI is InChI=1S/C24H34N4O7.C21H31N5O6.C15H26O6Si.C14H24O7/c1-32-19-11-18(23(33-2)22(30)21(19)29)24(31)25-12-15-6-8-16(9-7-15)28-17(13-26-27-28)14-35-20-5-3-4-10-34-20;1-30-17-11-15(20(31-2)19(28)18(17)27)21(29)23-7-9-32-10-8-26-16(12-24-25-26)13-3-5-14(22)6-4-13;1-19-11-9-10(14(20-2)13(17)12(11)16)15(18)21-7-6-8-22(3,4)5;1-18-10-6-9(13(19-2)12(16)11(10)15)14(17)21-7-8-4-3-5-20-8/h6-9,13,18-23,29-30H,3-5,10-12,14H2,1-2H3,(H,25,31);3-6,12,15,17-20,27-28H,7-11,22H2,1-2H3,(H,23,29);10-14,16-17H,7,9H2,1-5H3;8-13,15-16H,3-7H2,1-2H3/t18?,19-,20?,21-,22-,23-;15?,17-,18-,19-,20-;10?,11-,12-,13-,14-;8?,9?,10-,11-,12-,13-/m1111/s1. The van der Waals surface area contributed by atoms with Crippen LogP contribution in [-0.4, -0.2) is 316 Å². The molecule has 12 N–H and O–H groups in total. The topological polar surface area (TPSA) is 471 Å². The number of aliphatic hydroxyl groups excluding tert-OH is 8. The number of aromatic nitrogens is 6. The van der Waals surface area contributed by atoms with Gasteiger partial charge < -0.3 is 124 Å². The van der Waals surface area contributed by atoms with Gasteiger partial charge in [0, 0.05) is 94.4 Å². The minimum atomic E-state index is -1.50. The van der Waals surface area contributed by atoms with Gasteiger partial charge in [0.2, 0.25) is 11.8 Å². The maximum Gasteiger partial charge on any atom is 0.312 e. The molecule has 0 spiro atoms. The molecule has 4 aromatic rings. The van der Waals surface area contributed by atoms with E-state index in [9.17, 15) is 60.0 Å². The molecule has 2 aliphatic heterocycles. The van der Waals surface area contributed by atoms with E-state index in [-0.39, 0.29) is 63.1 Å². The van der Waals surface area contributed by atoms with Gasteiger partial charge in [-0.05, 0) is 87.6 Å². The third kappa shape index (κ3) is 25.4. The fourth-order valence-corrected chi connectivity index (χ4v) is 14.6. The first kappa shape index (κ1) is 90.6. The molecule has 110 heavy (non-hydrogen) atoms. The molecule has 2 saturated heterocycles. The van der Waals surface area contributed by atoms with E-state index in [1.54, 1.807) is 21.8 Å². The van der Waals surface area contributed by atoms with Crippen LogP contribution in [0.2, 0.25) is 19.6 Å². The van der Waals surface area contributed by atoms with E-state index < -0.39 is 141 Å². The summed E-state index contributed by atoms with van der Waals surface area (Å²) in [7, 11) is 9.85. The predicted octanol–water partition coefficient (Wildman–Crippen LogP) is -0.207. The number of esters is 2. The SMILES string of the molecule is CO[C@@H]1C(C(=O)NCCOCCn2nncc2-c2ccc(N)cc2)C[C@@H](OC)[C@@H](O)[C@H]1O.CO[C@@H]1C(C(=O)NCc2ccc(-n3nncc3COC3CCCCO3)cc2)C[C@@H](OC)[C@@H](O)[C@H]1O.CO[C@@H]1C(C(=O)OCC#C[Si](C)(C)C)C[C@@H](OC)[C@@H](O)[C@H]1O.CO[C@@H]1C(C(=O)OCC2CCCO2)C[C@@H](OC)[C@@H](O)[C@H]1O. The number of hydrogen-bond donors (Lipinski definition) is 11. The smallest absolute Gasteiger partial charge is 0.312 e. The number of carbonyl (C=O) groups excluding carboxylic acids is 4. The van der Waals surface area contributed by atoms with Gasteiger partial charge in [-0.15, -0.1) is 15.7 Å². The molecule has 36 heteroatoms. The van der Waals surface area contributed by atoms with E-state index in [2.05, 4.69) is 62.4 Å².